The number of hydrogen-bond donors (Lipinski definition) is 0. The lowest BCUT2D eigenvalue weighted by atomic mass is 9.91. The molecule has 0 aromatic rings. The van der Waals surface area contributed by atoms with Gasteiger partial charge in [-0.15, -0.1) is 0 Å². The molecule has 0 aliphatic heterocycles. The number of hydrogen-bond acceptors (Lipinski definition) is 1. The van der Waals surface area contributed by atoms with Crippen LogP contribution in [0.5, 0.6) is 0 Å². The summed E-state index contributed by atoms with van der Waals surface area (Å²) in [4.78, 5) is 0. The summed E-state index contributed by atoms with van der Waals surface area (Å²) in [6, 6.07) is 0. The Balaban J connectivity index is 6.45. The van der Waals surface area contributed by atoms with E-state index >= 15 is 0 Å². The average Bonchev–Trinajstić information content (AvgIpc) is 2.44. The highest BCUT2D eigenvalue weighted by Crippen LogP contribution is 2.61. The minimum atomic E-state index is -8.30. The molecule has 1 atom stereocenters. The monoisotopic (exact) mass is 432 g/mol. The molecule has 0 aromatic carbocycles. The minimum Gasteiger partial charge on any atom is -0.319 e. The molecule has 0 radical (unpaired) electrons. The van der Waals surface area contributed by atoms with Crippen LogP contribution in [-0.4, -0.2) is 55.2 Å². The Hall–Kier alpha value is -1.16. The molecule has 0 spiro atoms. The molecule has 0 aliphatic carbocycles. The van der Waals surface area contributed by atoms with Crippen LogP contribution in [0.2, 0.25) is 0 Å². The first kappa shape index (κ1) is 24.8. The summed E-state index contributed by atoms with van der Waals surface area (Å²) in [7, 11) is -0.504. The zero-order valence-corrected chi connectivity index (χ0v) is 11.5. The van der Waals surface area contributed by atoms with E-state index < -0.39 is 55.2 Å². The van der Waals surface area contributed by atoms with E-state index in [4.69, 9.17) is 0 Å². The van der Waals surface area contributed by atoms with Crippen molar-refractivity contribution in [3.05, 3.63) is 0 Å². The maximum Gasteiger partial charge on any atom is 0.425 e. The van der Waals surface area contributed by atoms with Gasteiger partial charge in [-0.05, 0) is 0 Å². The molecule has 0 N–H and O–H groups in total. The predicted octanol–water partition coefficient (Wildman–Crippen LogP) is 5.30. The molecule has 17 heteroatoms. The van der Waals surface area contributed by atoms with Crippen molar-refractivity contribution in [2.45, 2.75) is 48.1 Å². The summed E-state index contributed by atoms with van der Waals surface area (Å²) in [5, 5.41) is 0. The van der Waals surface area contributed by atoms with Crippen molar-refractivity contribution in [3.63, 3.8) is 0 Å². The summed E-state index contributed by atoms with van der Waals surface area (Å²) in [5.74, 6) is -40.0. The van der Waals surface area contributed by atoms with Gasteiger partial charge in [-0.3, -0.25) is 0 Å². The lowest BCUT2D eigenvalue weighted by molar-refractivity contribution is -0.460. The van der Waals surface area contributed by atoms with E-state index in [1.807, 2.05) is 0 Å². The molecule has 0 saturated carbocycles. The largest absolute Gasteiger partial charge is 0.425 e. The first-order valence-corrected chi connectivity index (χ1v) is 5.49. The molecule has 158 valence electrons. The summed E-state index contributed by atoms with van der Waals surface area (Å²) < 4.78 is 204. The van der Waals surface area contributed by atoms with Gasteiger partial charge in [-0.1, -0.05) is 0 Å². The van der Waals surface area contributed by atoms with Gasteiger partial charge in [-0.25, -0.2) is 4.39 Å². The van der Waals surface area contributed by atoms with Crippen LogP contribution in [0.25, 0.3) is 0 Å². The standard InChI is InChI=1S/C9H4F16O/c1-26-9(24,25)8(22,23)7(20,21)6(18,19)5(16,17)3(11,12)2(10)4(13,14)15/h2H,1H3. The summed E-state index contributed by atoms with van der Waals surface area (Å²) in [5.41, 5.74) is 0. The van der Waals surface area contributed by atoms with Crippen molar-refractivity contribution in [3.8, 4) is 0 Å². The SMILES string of the molecule is COC(F)(F)C(F)(F)C(F)(F)C(F)(F)C(F)(F)C(F)(F)C(F)C(F)(F)F. The zero-order chi connectivity index (χ0) is 21.8. The third-order valence-corrected chi connectivity index (χ3v) is 2.83. The fourth-order valence-electron chi connectivity index (χ4n) is 1.28. The van der Waals surface area contributed by atoms with Crippen LogP contribution in [0.1, 0.15) is 0 Å². The van der Waals surface area contributed by atoms with Crippen LogP contribution >= 0.6 is 0 Å². The molecule has 0 saturated heterocycles. The van der Waals surface area contributed by atoms with E-state index in [1.165, 1.54) is 0 Å². The molecule has 1 nitrogen and oxygen atoms in total. The van der Waals surface area contributed by atoms with Gasteiger partial charge in [0, 0.05) is 7.11 Å². The van der Waals surface area contributed by atoms with Gasteiger partial charge in [0.05, 0.1) is 0 Å². The molecule has 0 fully saturated rings. The summed E-state index contributed by atoms with van der Waals surface area (Å²) >= 11 is 0. The van der Waals surface area contributed by atoms with Crippen LogP contribution in [0.3, 0.4) is 0 Å². The van der Waals surface area contributed by atoms with E-state index in [9.17, 15) is 70.2 Å². The normalized spacial score (nSPS) is 17.4. The number of rotatable bonds is 7. The van der Waals surface area contributed by atoms with Gasteiger partial charge in [0.25, 0.3) is 6.17 Å². The molecule has 26 heavy (non-hydrogen) atoms. The van der Waals surface area contributed by atoms with Crippen LogP contribution < -0.4 is 0 Å². The van der Waals surface area contributed by atoms with Crippen molar-refractivity contribution in [1.82, 2.24) is 0 Å². The fourth-order valence-corrected chi connectivity index (χ4v) is 1.28. The highest BCUT2D eigenvalue weighted by atomic mass is 19.4. The van der Waals surface area contributed by atoms with E-state index in [0.717, 1.165) is 0 Å². The second-order valence-corrected chi connectivity index (χ2v) is 4.55. The Bertz CT molecular complexity index is 504. The molecule has 1 unspecified atom stereocenters. The topological polar surface area (TPSA) is 9.23 Å². The molecular weight excluding hydrogens is 428 g/mol. The third kappa shape index (κ3) is 3.15. The number of methoxy groups -OCH3 is 1. The molecule has 0 heterocycles. The van der Waals surface area contributed by atoms with Crippen molar-refractivity contribution in [2.24, 2.45) is 0 Å². The first-order valence-electron chi connectivity index (χ1n) is 5.49. The number of halogens is 16. The molecule has 0 aromatic heterocycles. The highest BCUT2D eigenvalue weighted by Gasteiger charge is 2.92. The lowest BCUT2D eigenvalue weighted by Crippen LogP contribution is -2.72. The molecule has 0 amide bonds. The van der Waals surface area contributed by atoms with Gasteiger partial charge in [0.15, 0.2) is 0 Å². The van der Waals surface area contributed by atoms with Gasteiger partial charge in [-0.2, -0.15) is 65.9 Å². The van der Waals surface area contributed by atoms with Gasteiger partial charge in [0.1, 0.15) is 0 Å². The summed E-state index contributed by atoms with van der Waals surface area (Å²) in [6.45, 7) is 0. The van der Waals surface area contributed by atoms with E-state index in [2.05, 4.69) is 4.74 Å². The van der Waals surface area contributed by atoms with E-state index in [-0.39, 0.29) is 0 Å². The van der Waals surface area contributed by atoms with Gasteiger partial charge in [0.2, 0.25) is 0 Å². The number of alkyl halides is 16. The Labute approximate surface area is 131 Å². The summed E-state index contributed by atoms with van der Waals surface area (Å²) in [6.07, 6.45) is -19.9. The smallest absolute Gasteiger partial charge is 0.319 e. The maximum absolute atomic E-state index is 13.0. The van der Waals surface area contributed by atoms with E-state index in [0.29, 0.717) is 0 Å². The lowest BCUT2D eigenvalue weighted by Gasteiger charge is -2.41. The predicted molar refractivity (Wildman–Crippen MR) is 47.6 cm³/mol. The first-order chi connectivity index (χ1) is 11.0. The Morgan fingerprint density at radius 3 is 1.12 bits per heavy atom. The molecule has 0 rings (SSSR count). The average molecular weight is 432 g/mol. The zero-order valence-electron chi connectivity index (χ0n) is 11.5. The molecule has 0 bridgehead atoms. The third-order valence-electron chi connectivity index (χ3n) is 2.83. The Morgan fingerprint density at radius 2 is 0.846 bits per heavy atom. The van der Waals surface area contributed by atoms with Crippen molar-refractivity contribution >= 4 is 0 Å². The Kier molecular flexibility index (Phi) is 5.91. The number of ether oxygens (including phenoxy) is 1. The van der Waals surface area contributed by atoms with Crippen molar-refractivity contribution < 1.29 is 75.0 Å². The second-order valence-electron chi connectivity index (χ2n) is 4.55. The Morgan fingerprint density at radius 1 is 0.538 bits per heavy atom. The highest BCUT2D eigenvalue weighted by molar-refractivity contribution is 5.12. The quantitative estimate of drug-likeness (QED) is 0.497. The minimum absolute atomic E-state index is 0.504. The van der Waals surface area contributed by atoms with Crippen molar-refractivity contribution in [1.29, 1.82) is 0 Å². The van der Waals surface area contributed by atoms with Crippen molar-refractivity contribution in [2.75, 3.05) is 7.11 Å². The molecular formula is C9H4F16O. The van der Waals surface area contributed by atoms with Gasteiger partial charge >= 0.3 is 41.9 Å². The van der Waals surface area contributed by atoms with Crippen LogP contribution in [0.4, 0.5) is 70.2 Å². The van der Waals surface area contributed by atoms with Crippen LogP contribution in [-0.2, 0) is 4.74 Å². The van der Waals surface area contributed by atoms with Crippen LogP contribution in [0, 0.1) is 0 Å². The van der Waals surface area contributed by atoms with Gasteiger partial charge < -0.3 is 4.74 Å². The van der Waals surface area contributed by atoms with Crippen LogP contribution in [0.15, 0.2) is 0 Å². The molecule has 0 aliphatic rings. The fraction of sp³-hybridized carbons (Fsp3) is 1.00. The van der Waals surface area contributed by atoms with E-state index in [1.54, 1.807) is 0 Å². The maximum atomic E-state index is 13.0. The second kappa shape index (κ2) is 6.19.